The molecule has 2 N–H and O–H groups in total. The number of ether oxygens (including phenoxy) is 1. The Kier molecular flexibility index (Phi) is 6.19. The van der Waals surface area contributed by atoms with E-state index < -0.39 is 0 Å². The van der Waals surface area contributed by atoms with Crippen molar-refractivity contribution in [1.29, 1.82) is 0 Å². The van der Waals surface area contributed by atoms with Gasteiger partial charge in [0.2, 0.25) is 0 Å². The van der Waals surface area contributed by atoms with Crippen molar-refractivity contribution < 1.29 is 4.74 Å². The maximum absolute atomic E-state index is 6.27. The number of rotatable bonds is 4. The van der Waals surface area contributed by atoms with Gasteiger partial charge in [-0.3, -0.25) is 9.89 Å². The minimum absolute atomic E-state index is 0.401. The quantitative estimate of drug-likeness (QED) is 0.674. The Balaban J connectivity index is 1.70. The van der Waals surface area contributed by atoms with Crippen molar-refractivity contribution in [2.45, 2.75) is 38.1 Å². The zero-order valence-corrected chi connectivity index (χ0v) is 15.7. The molecule has 1 aromatic carbocycles. The van der Waals surface area contributed by atoms with Crippen molar-refractivity contribution in [2.75, 3.05) is 40.3 Å². The van der Waals surface area contributed by atoms with Crippen LogP contribution in [0.25, 0.3) is 0 Å². The lowest BCUT2D eigenvalue weighted by atomic mass is 9.85. The van der Waals surface area contributed by atoms with Gasteiger partial charge in [-0.05, 0) is 69.3 Å². The molecule has 1 aromatic rings. The molecule has 0 radical (unpaired) electrons. The van der Waals surface area contributed by atoms with Crippen molar-refractivity contribution >= 4 is 5.96 Å². The van der Waals surface area contributed by atoms with Crippen LogP contribution in [0, 0.1) is 5.92 Å². The van der Waals surface area contributed by atoms with E-state index in [9.17, 15) is 0 Å². The van der Waals surface area contributed by atoms with E-state index in [1.165, 1.54) is 37.7 Å². The van der Waals surface area contributed by atoms with Gasteiger partial charge < -0.3 is 15.4 Å². The third kappa shape index (κ3) is 4.46. The molecule has 5 heteroatoms. The predicted octanol–water partition coefficient (Wildman–Crippen LogP) is 2.88. The third-order valence-electron chi connectivity index (χ3n) is 5.63. The van der Waals surface area contributed by atoms with Gasteiger partial charge in [0, 0.05) is 25.7 Å². The number of hydrogen-bond acceptors (Lipinski definition) is 3. The van der Waals surface area contributed by atoms with Gasteiger partial charge in [-0.1, -0.05) is 12.1 Å². The monoisotopic (exact) mass is 344 g/mol. The second-order valence-electron chi connectivity index (χ2n) is 7.35. The molecule has 3 rings (SSSR count). The van der Waals surface area contributed by atoms with Gasteiger partial charge in [-0.2, -0.15) is 0 Å². The molecule has 5 nitrogen and oxygen atoms in total. The van der Waals surface area contributed by atoms with Crippen LogP contribution in [-0.2, 0) is 0 Å². The molecule has 138 valence electrons. The van der Waals surface area contributed by atoms with Crippen LogP contribution in [-0.4, -0.2) is 56.1 Å². The molecule has 0 amide bonds. The van der Waals surface area contributed by atoms with Crippen LogP contribution >= 0.6 is 0 Å². The highest BCUT2D eigenvalue weighted by atomic mass is 16.5. The number of piperidine rings is 2. The first-order valence-electron chi connectivity index (χ1n) is 9.58. The van der Waals surface area contributed by atoms with E-state index >= 15 is 0 Å². The fourth-order valence-corrected chi connectivity index (χ4v) is 4.21. The molecule has 2 unspecified atom stereocenters. The van der Waals surface area contributed by atoms with Crippen molar-refractivity contribution in [2.24, 2.45) is 16.6 Å². The number of nitrogens with zero attached hydrogens (tertiary/aromatic N) is 3. The maximum atomic E-state index is 6.27. The van der Waals surface area contributed by atoms with Crippen molar-refractivity contribution in [1.82, 2.24) is 9.80 Å². The summed E-state index contributed by atoms with van der Waals surface area (Å²) in [4.78, 5) is 9.49. The standard InChI is InChI=1S/C20H32N4O/c1-23-12-6-7-17(15-22-20(21)24-13-4-3-5-14-24)19(23)16-8-10-18(25-2)11-9-16/h8-11,17,19H,3-7,12-15H2,1-2H3,(H2,21,22). The van der Waals surface area contributed by atoms with Gasteiger partial charge in [0.25, 0.3) is 0 Å². The molecule has 0 saturated carbocycles. The van der Waals surface area contributed by atoms with Gasteiger partial charge in [0.15, 0.2) is 5.96 Å². The first-order valence-corrected chi connectivity index (χ1v) is 9.58. The molecule has 25 heavy (non-hydrogen) atoms. The smallest absolute Gasteiger partial charge is 0.191 e. The topological polar surface area (TPSA) is 54.1 Å². The Morgan fingerprint density at radius 3 is 2.52 bits per heavy atom. The minimum Gasteiger partial charge on any atom is -0.497 e. The highest BCUT2D eigenvalue weighted by Gasteiger charge is 2.30. The molecule has 2 aliphatic rings. The highest BCUT2D eigenvalue weighted by molar-refractivity contribution is 5.78. The van der Waals surface area contributed by atoms with Crippen LogP contribution in [0.2, 0.25) is 0 Å². The van der Waals surface area contributed by atoms with E-state index in [1.54, 1.807) is 7.11 Å². The van der Waals surface area contributed by atoms with Crippen LogP contribution < -0.4 is 10.5 Å². The maximum Gasteiger partial charge on any atom is 0.191 e. The zero-order chi connectivity index (χ0) is 17.6. The normalized spacial score (nSPS) is 25.8. The number of aliphatic imine (C=N–C) groups is 1. The Morgan fingerprint density at radius 1 is 1.12 bits per heavy atom. The average Bonchev–Trinajstić information content (AvgIpc) is 2.67. The second-order valence-corrected chi connectivity index (χ2v) is 7.35. The predicted molar refractivity (Wildman–Crippen MR) is 103 cm³/mol. The summed E-state index contributed by atoms with van der Waals surface area (Å²) < 4.78 is 5.30. The van der Waals surface area contributed by atoms with E-state index in [-0.39, 0.29) is 0 Å². The van der Waals surface area contributed by atoms with E-state index in [0.29, 0.717) is 12.0 Å². The molecule has 2 atom stereocenters. The van der Waals surface area contributed by atoms with E-state index in [0.717, 1.165) is 37.9 Å². The summed E-state index contributed by atoms with van der Waals surface area (Å²) >= 11 is 0. The number of hydrogen-bond donors (Lipinski definition) is 1. The summed E-state index contributed by atoms with van der Waals surface area (Å²) in [7, 11) is 3.93. The largest absolute Gasteiger partial charge is 0.497 e. The van der Waals surface area contributed by atoms with Crippen LogP contribution in [0.4, 0.5) is 0 Å². The average molecular weight is 345 g/mol. The minimum atomic E-state index is 0.401. The number of likely N-dealkylation sites (tertiary alicyclic amines) is 2. The number of nitrogens with two attached hydrogens (primary N) is 1. The molecule has 2 heterocycles. The lowest BCUT2D eigenvalue weighted by molar-refractivity contribution is 0.125. The molecule has 0 bridgehead atoms. The van der Waals surface area contributed by atoms with Crippen molar-refractivity contribution in [3.8, 4) is 5.75 Å². The fourth-order valence-electron chi connectivity index (χ4n) is 4.21. The lowest BCUT2D eigenvalue weighted by Gasteiger charge is -2.39. The van der Waals surface area contributed by atoms with Gasteiger partial charge in [-0.25, -0.2) is 0 Å². The molecular weight excluding hydrogens is 312 g/mol. The number of guanidine groups is 1. The third-order valence-corrected chi connectivity index (χ3v) is 5.63. The summed E-state index contributed by atoms with van der Waals surface area (Å²) in [5.41, 5.74) is 7.62. The fraction of sp³-hybridized carbons (Fsp3) is 0.650. The Bertz CT molecular complexity index is 566. The summed E-state index contributed by atoms with van der Waals surface area (Å²) in [5, 5.41) is 0. The molecule has 0 spiro atoms. The first-order chi connectivity index (χ1) is 12.2. The van der Waals surface area contributed by atoms with Crippen LogP contribution in [0.1, 0.15) is 43.7 Å². The van der Waals surface area contributed by atoms with E-state index in [2.05, 4.69) is 41.1 Å². The van der Waals surface area contributed by atoms with Crippen LogP contribution in [0.5, 0.6) is 5.75 Å². The van der Waals surface area contributed by atoms with Crippen molar-refractivity contribution in [3.05, 3.63) is 29.8 Å². The van der Waals surface area contributed by atoms with Gasteiger partial charge in [-0.15, -0.1) is 0 Å². The van der Waals surface area contributed by atoms with Gasteiger partial charge in [0.05, 0.1) is 7.11 Å². The molecular formula is C20H32N4O. The van der Waals surface area contributed by atoms with E-state index in [4.69, 9.17) is 15.5 Å². The molecule has 0 aliphatic carbocycles. The van der Waals surface area contributed by atoms with Gasteiger partial charge in [0.1, 0.15) is 5.75 Å². The number of benzene rings is 1. The lowest BCUT2D eigenvalue weighted by Crippen LogP contribution is -2.42. The molecule has 0 aromatic heterocycles. The SMILES string of the molecule is COc1ccc(C2C(CN=C(N)N3CCCCC3)CCCN2C)cc1. The molecule has 2 fully saturated rings. The summed E-state index contributed by atoms with van der Waals surface area (Å²) in [6.07, 6.45) is 6.22. The summed E-state index contributed by atoms with van der Waals surface area (Å²) in [5.74, 6) is 2.16. The molecule has 2 aliphatic heterocycles. The van der Waals surface area contributed by atoms with Crippen LogP contribution in [0.15, 0.2) is 29.3 Å². The first kappa shape index (κ1) is 18.1. The Morgan fingerprint density at radius 2 is 1.84 bits per heavy atom. The second kappa shape index (κ2) is 8.56. The summed E-state index contributed by atoms with van der Waals surface area (Å²) in [6, 6.07) is 8.89. The zero-order valence-electron chi connectivity index (χ0n) is 15.7. The highest BCUT2D eigenvalue weighted by Crippen LogP contribution is 2.35. The molecule has 2 saturated heterocycles. The van der Waals surface area contributed by atoms with Gasteiger partial charge >= 0.3 is 0 Å². The van der Waals surface area contributed by atoms with Crippen molar-refractivity contribution in [3.63, 3.8) is 0 Å². The Labute approximate surface area is 151 Å². The Hall–Kier alpha value is -1.75. The van der Waals surface area contributed by atoms with Crippen LogP contribution in [0.3, 0.4) is 0 Å². The summed E-state index contributed by atoms with van der Waals surface area (Å²) in [6.45, 7) is 4.06. The van der Waals surface area contributed by atoms with E-state index in [1.807, 2.05) is 0 Å². The number of methoxy groups -OCH3 is 1.